The summed E-state index contributed by atoms with van der Waals surface area (Å²) in [6, 6.07) is 53.2. The lowest BCUT2D eigenvalue weighted by molar-refractivity contribution is 0.0371. The number of fused-ring (bicyclic) bond motifs is 6. The first-order chi connectivity index (χ1) is 53.9. The third-order valence-electron chi connectivity index (χ3n) is 21.7. The zero-order valence-electron chi connectivity index (χ0n) is 61.6. The van der Waals surface area contributed by atoms with Gasteiger partial charge in [0.05, 0.1) is 47.4 Å². The van der Waals surface area contributed by atoms with E-state index in [1.54, 1.807) is 18.6 Å². The Morgan fingerprint density at radius 2 is 0.909 bits per heavy atom. The average molecular weight is 1470 g/mol. The Kier molecular flexibility index (Phi) is 21.1. The second kappa shape index (κ2) is 32.2. The van der Waals surface area contributed by atoms with E-state index < -0.39 is 0 Å². The van der Waals surface area contributed by atoms with E-state index in [9.17, 15) is 28.8 Å². The van der Waals surface area contributed by atoms with Crippen LogP contribution in [0, 0.1) is 0 Å². The van der Waals surface area contributed by atoms with Crippen LogP contribution >= 0.6 is 0 Å². The number of anilines is 6. The van der Waals surface area contributed by atoms with Crippen molar-refractivity contribution in [2.45, 2.75) is 65.2 Å². The van der Waals surface area contributed by atoms with Crippen molar-refractivity contribution in [3.8, 4) is 33.8 Å². The Labute approximate surface area is 636 Å². The number of ether oxygens (including phenoxy) is 1. The lowest BCUT2D eigenvalue weighted by Gasteiger charge is -2.34. The summed E-state index contributed by atoms with van der Waals surface area (Å²) in [4.78, 5) is 96.8. The highest BCUT2D eigenvalue weighted by atomic mass is 16.5. The van der Waals surface area contributed by atoms with E-state index in [-0.39, 0.29) is 35.3 Å². The van der Waals surface area contributed by atoms with Gasteiger partial charge in [-0.1, -0.05) is 32.0 Å². The molecule has 7 N–H and O–H groups in total. The first-order valence-corrected chi connectivity index (χ1v) is 38.0. The van der Waals surface area contributed by atoms with E-state index in [0.717, 1.165) is 215 Å². The van der Waals surface area contributed by atoms with Gasteiger partial charge in [-0.25, -0.2) is 15.0 Å². The molecule has 0 bridgehead atoms. The van der Waals surface area contributed by atoms with Gasteiger partial charge in [-0.3, -0.25) is 51.8 Å². The summed E-state index contributed by atoms with van der Waals surface area (Å²) in [6.45, 7) is 17.7. The van der Waals surface area contributed by atoms with Gasteiger partial charge in [-0.05, 0) is 224 Å². The molecule has 0 spiro atoms. The van der Waals surface area contributed by atoms with Crippen LogP contribution in [0.5, 0.6) is 0 Å². The molecule has 0 aliphatic carbocycles. The van der Waals surface area contributed by atoms with E-state index in [1.807, 2.05) is 170 Å². The third-order valence-corrected chi connectivity index (χ3v) is 21.7. The summed E-state index contributed by atoms with van der Waals surface area (Å²) >= 11 is 0. The van der Waals surface area contributed by atoms with Gasteiger partial charge in [0, 0.05) is 166 Å². The molecule has 12 aromatic rings. The number of Topliss-reactive ketones (excluding diaryl/α,β-unsaturated/α-hetero) is 1. The topological polar surface area (TPSA) is 261 Å². The second-order valence-corrected chi connectivity index (χ2v) is 28.4. The maximum absolute atomic E-state index is 12.9. The molecule has 1 atom stereocenters. The maximum atomic E-state index is 12.9. The van der Waals surface area contributed by atoms with Crippen molar-refractivity contribution in [2.75, 3.05) is 101 Å². The van der Waals surface area contributed by atoms with Gasteiger partial charge < -0.3 is 51.8 Å². The predicted molar refractivity (Wildman–Crippen MR) is 426 cm³/mol. The largest absolute Gasteiger partial charge is 0.379 e. The zero-order valence-corrected chi connectivity index (χ0v) is 61.6. The minimum atomic E-state index is -0.0410. The zero-order chi connectivity index (χ0) is 75.2. The van der Waals surface area contributed by atoms with Crippen LogP contribution in [0.1, 0.15) is 118 Å². The first kappa shape index (κ1) is 71.9. The number of nitrogens with one attached hydrogen (secondary N) is 7. The number of hydrogen-bond donors (Lipinski definition) is 7. The average Bonchev–Trinajstić information content (AvgIpc) is 1.61. The molecule has 0 saturated carbocycles. The molecular weight excluding hydrogens is 1380 g/mol. The van der Waals surface area contributed by atoms with Gasteiger partial charge in [0.15, 0.2) is 22.7 Å². The van der Waals surface area contributed by atoms with E-state index in [1.165, 1.54) is 6.42 Å². The molecule has 24 heteroatoms. The number of imidazole rings is 3. The molecule has 558 valence electrons. The monoisotopic (exact) mass is 1470 g/mol. The van der Waals surface area contributed by atoms with Gasteiger partial charge >= 0.3 is 0 Å². The quantitative estimate of drug-likeness (QED) is 0.0350. The molecule has 6 aromatic heterocycles. The molecule has 6 aliphatic rings. The smallest absolute Gasteiger partial charge is 0.253 e. The Balaban J connectivity index is 0.000000125. The Morgan fingerprint density at radius 1 is 0.473 bits per heavy atom. The summed E-state index contributed by atoms with van der Waals surface area (Å²) in [5, 5.41) is 22.0. The molecule has 0 radical (unpaired) electrons. The summed E-state index contributed by atoms with van der Waals surface area (Å²) in [6.07, 6.45) is 14.9. The number of amides is 5. The molecule has 110 heavy (non-hydrogen) atoms. The molecule has 3 fully saturated rings. The molecule has 0 unspecified atom stereocenters. The number of likely N-dealkylation sites (tertiary alicyclic amines) is 1. The van der Waals surface area contributed by atoms with Crippen molar-refractivity contribution in [1.29, 1.82) is 0 Å². The minimum absolute atomic E-state index is 0.0179. The number of morpholine rings is 1. The van der Waals surface area contributed by atoms with E-state index in [4.69, 9.17) is 4.74 Å². The number of aromatic nitrogens is 6. The predicted octanol–water partition coefficient (Wildman–Crippen LogP) is 12.3. The molecule has 24 nitrogen and oxygen atoms in total. The van der Waals surface area contributed by atoms with E-state index in [0.29, 0.717) is 49.8 Å². The minimum Gasteiger partial charge on any atom is -0.379 e. The highest BCUT2D eigenvalue weighted by Gasteiger charge is 2.27. The number of piperazine rings is 1. The highest BCUT2D eigenvalue weighted by molar-refractivity contribution is 6.01. The van der Waals surface area contributed by atoms with Crippen LogP contribution in [0.3, 0.4) is 0 Å². The van der Waals surface area contributed by atoms with Crippen LogP contribution in [0.25, 0.3) is 50.7 Å². The Hall–Kier alpha value is -12.4. The summed E-state index contributed by atoms with van der Waals surface area (Å²) < 4.78 is 11.5. The number of pyridine rings is 3. The van der Waals surface area contributed by atoms with Crippen LogP contribution < -0.4 is 37.2 Å². The fourth-order valence-electron chi connectivity index (χ4n) is 15.6. The van der Waals surface area contributed by atoms with Gasteiger partial charge in [0.2, 0.25) is 0 Å². The molecule has 3 saturated heterocycles. The van der Waals surface area contributed by atoms with Crippen LogP contribution in [0.2, 0.25) is 0 Å². The fourth-order valence-corrected chi connectivity index (χ4v) is 15.6. The third kappa shape index (κ3) is 15.4. The number of ketones is 1. The first-order valence-electron chi connectivity index (χ1n) is 38.0. The molecule has 6 aliphatic heterocycles. The summed E-state index contributed by atoms with van der Waals surface area (Å²) in [5.74, 6) is 0.162. The number of carbonyl (C=O) groups excluding carboxylic acids is 6. The van der Waals surface area contributed by atoms with Gasteiger partial charge in [0.1, 0.15) is 0 Å². The van der Waals surface area contributed by atoms with E-state index in [2.05, 4.69) is 111 Å². The standard InChI is InChI=1S/C29H30N6O2.C29H29N5O3.C28H28N6O2/c1-2-34-14-3-4-23(34)18-32-28(36)19-5-8-22(9-6-19)33-25-11-12-26(35-15-13-30-27(25)35)20-7-10-24-21(16-20)17-31-29(24)37;35-27(2-1-12-33-14-16-37-17-15-33)20-3-6-23(7-4-20)32-25-9-10-26(34-13-11-30-28(25)34)21-5-8-24-22(18-21)19-31-29(24)36;1-2-32-13-15-33(16-14-32)28(36)19-3-6-22(7-4-19)31-24-9-10-25(34-12-11-29-26(24)34)20-5-8-23-21(17-20)18-30-27(23)35/h5-13,15-16,23,33H,2-4,14,17-18H2,1H3,(H,31,37)(H,32,36);3-11,13,18,32H,1-2,12,14-17,19H2,(H,31,36);3-12,17,31H,2,13-16,18H2,1H3,(H,30,35)/t23-;;/m0../s1. The summed E-state index contributed by atoms with van der Waals surface area (Å²) in [7, 11) is 0. The highest BCUT2D eigenvalue weighted by Crippen LogP contribution is 2.35. The molecule has 12 heterocycles. The van der Waals surface area contributed by atoms with Crippen LogP contribution in [-0.4, -0.2) is 174 Å². The second-order valence-electron chi connectivity index (χ2n) is 28.4. The normalized spacial score (nSPS) is 16.1. The van der Waals surface area contributed by atoms with Crippen molar-refractivity contribution in [2.24, 2.45) is 0 Å². The molecule has 5 amide bonds. The lowest BCUT2D eigenvalue weighted by atomic mass is 10.0. The number of hydrogen-bond acceptors (Lipinski definition) is 16. The van der Waals surface area contributed by atoms with Gasteiger partial charge in [-0.15, -0.1) is 0 Å². The lowest BCUT2D eigenvalue weighted by Crippen LogP contribution is -2.48. The fraction of sp³-hybridized carbons (Fsp3) is 0.267. The number of nitrogens with zero attached hydrogens (tertiary/aromatic N) is 10. The van der Waals surface area contributed by atoms with Crippen molar-refractivity contribution in [1.82, 2.24) is 69.0 Å². The molecule has 18 rings (SSSR count). The maximum Gasteiger partial charge on any atom is 0.253 e. The Bertz CT molecular complexity index is 5440. The SMILES string of the molecule is CCN1CCC[C@H]1CNC(=O)c1ccc(Nc2ccc(-c3ccc4c(c3)CNC4=O)n3ccnc23)cc1.CCN1CCN(C(=O)c2ccc(Nc3ccc(-c4ccc5c(c4)CNC5=O)n4ccnc34)cc2)CC1.O=C(CCCN1CCOCC1)c1ccc(Nc2ccc(-c3ccc4c(c3)CNC4=O)n3ccnc23)cc1. The van der Waals surface area contributed by atoms with Crippen LogP contribution in [-0.2, 0) is 24.4 Å². The number of likely N-dealkylation sites (N-methyl/N-ethyl adjacent to an activating group) is 2. The van der Waals surface area contributed by atoms with E-state index >= 15 is 0 Å². The van der Waals surface area contributed by atoms with Crippen molar-refractivity contribution < 1.29 is 33.5 Å². The molecule has 6 aromatic carbocycles. The number of rotatable bonds is 20. The van der Waals surface area contributed by atoms with Crippen molar-refractivity contribution in [3.05, 3.63) is 251 Å². The number of carbonyl (C=O) groups is 6. The van der Waals surface area contributed by atoms with Crippen LogP contribution in [0.4, 0.5) is 34.1 Å². The van der Waals surface area contributed by atoms with Crippen molar-refractivity contribution >= 4 is 86.4 Å². The van der Waals surface area contributed by atoms with Gasteiger partial charge in [-0.2, -0.15) is 0 Å². The van der Waals surface area contributed by atoms with Gasteiger partial charge in [0.25, 0.3) is 29.5 Å². The molecular formula is C86H87N17O7. The van der Waals surface area contributed by atoms with Crippen LogP contribution in [0.15, 0.2) is 201 Å². The number of benzene rings is 6. The van der Waals surface area contributed by atoms with Crippen molar-refractivity contribution in [3.63, 3.8) is 0 Å². The summed E-state index contributed by atoms with van der Waals surface area (Å²) in [5.41, 5.74) is 21.1. The Morgan fingerprint density at radius 3 is 1.35 bits per heavy atom.